The van der Waals surface area contributed by atoms with Crippen LogP contribution < -0.4 is 10.5 Å². The summed E-state index contributed by atoms with van der Waals surface area (Å²) in [5.74, 6) is 1.62. The van der Waals surface area contributed by atoms with Crippen molar-refractivity contribution in [2.24, 2.45) is 5.73 Å². The van der Waals surface area contributed by atoms with Crippen LogP contribution in [0.15, 0.2) is 22.7 Å². The van der Waals surface area contributed by atoms with Crippen LogP contribution in [0.2, 0.25) is 0 Å². The second-order valence-corrected chi connectivity index (χ2v) is 5.03. The molecule has 0 aliphatic carbocycles. The van der Waals surface area contributed by atoms with Crippen molar-refractivity contribution in [3.63, 3.8) is 0 Å². The maximum absolute atomic E-state index is 6.03. The molecule has 20 heavy (non-hydrogen) atoms. The summed E-state index contributed by atoms with van der Waals surface area (Å²) in [7, 11) is 5.51. The van der Waals surface area contributed by atoms with E-state index in [1.807, 2.05) is 44.1 Å². The highest BCUT2D eigenvalue weighted by Crippen LogP contribution is 2.30. The summed E-state index contributed by atoms with van der Waals surface area (Å²) >= 11 is 0. The van der Waals surface area contributed by atoms with Crippen LogP contribution in [0.3, 0.4) is 0 Å². The van der Waals surface area contributed by atoms with Gasteiger partial charge >= 0.3 is 0 Å². The topological polar surface area (TPSA) is 77.4 Å². The second kappa shape index (κ2) is 6.02. The molecule has 0 radical (unpaired) electrons. The molecule has 0 aliphatic rings. The fourth-order valence-electron chi connectivity index (χ4n) is 1.96. The number of rotatable bonds is 5. The lowest BCUT2D eigenvalue weighted by atomic mass is 10.1. The molecular formula is C14H20N4O2. The summed E-state index contributed by atoms with van der Waals surface area (Å²) in [5, 5.41) is 3.96. The average molecular weight is 276 g/mol. The molecule has 2 rings (SSSR count). The van der Waals surface area contributed by atoms with Crippen LogP contribution in [0.1, 0.15) is 17.4 Å². The predicted molar refractivity (Wildman–Crippen MR) is 76.5 cm³/mol. The van der Waals surface area contributed by atoms with E-state index in [2.05, 4.69) is 10.1 Å². The molecule has 6 nitrogen and oxygen atoms in total. The minimum atomic E-state index is -0.279. The molecule has 0 saturated heterocycles. The van der Waals surface area contributed by atoms with Crippen molar-refractivity contribution in [3.8, 4) is 17.2 Å². The highest BCUT2D eigenvalue weighted by molar-refractivity contribution is 5.63. The first kappa shape index (κ1) is 14.5. The fraction of sp³-hybridized carbons (Fsp3) is 0.429. The van der Waals surface area contributed by atoms with Crippen LogP contribution >= 0.6 is 0 Å². The highest BCUT2D eigenvalue weighted by Gasteiger charge is 2.18. The van der Waals surface area contributed by atoms with Crippen LogP contribution in [0.25, 0.3) is 11.5 Å². The zero-order valence-electron chi connectivity index (χ0n) is 12.3. The number of nitrogens with two attached hydrogens (primary N) is 1. The van der Waals surface area contributed by atoms with Crippen molar-refractivity contribution in [3.05, 3.63) is 29.6 Å². The summed E-state index contributed by atoms with van der Waals surface area (Å²) in [6.45, 7) is 2.65. The minimum Gasteiger partial charge on any atom is -0.496 e. The quantitative estimate of drug-likeness (QED) is 0.894. The van der Waals surface area contributed by atoms with Gasteiger partial charge < -0.3 is 19.9 Å². The van der Waals surface area contributed by atoms with E-state index in [1.165, 1.54) is 0 Å². The molecule has 0 bridgehead atoms. The van der Waals surface area contributed by atoms with Crippen molar-refractivity contribution in [1.82, 2.24) is 15.0 Å². The van der Waals surface area contributed by atoms with Crippen LogP contribution in [-0.4, -0.2) is 42.8 Å². The van der Waals surface area contributed by atoms with Crippen LogP contribution in [-0.2, 0) is 0 Å². The molecule has 1 unspecified atom stereocenters. The number of benzene rings is 1. The van der Waals surface area contributed by atoms with Gasteiger partial charge in [-0.25, -0.2) is 0 Å². The Labute approximate surface area is 118 Å². The first-order valence-electron chi connectivity index (χ1n) is 6.40. The number of ether oxygens (including phenoxy) is 1. The monoisotopic (exact) mass is 276 g/mol. The zero-order valence-corrected chi connectivity index (χ0v) is 12.3. The SMILES string of the molecule is COc1ccc(C)cc1-c1nc(C(N)CN(C)C)no1. The normalized spacial score (nSPS) is 12.7. The Hall–Kier alpha value is -1.92. The number of methoxy groups -OCH3 is 1. The third-order valence-corrected chi connectivity index (χ3v) is 2.92. The summed E-state index contributed by atoms with van der Waals surface area (Å²) in [5.41, 5.74) is 7.91. The van der Waals surface area contributed by atoms with Gasteiger partial charge in [0.25, 0.3) is 5.89 Å². The third-order valence-electron chi connectivity index (χ3n) is 2.92. The fourth-order valence-corrected chi connectivity index (χ4v) is 1.96. The number of aromatic nitrogens is 2. The van der Waals surface area contributed by atoms with Crippen molar-refractivity contribution >= 4 is 0 Å². The van der Waals surface area contributed by atoms with Gasteiger partial charge in [-0.3, -0.25) is 0 Å². The molecule has 1 aromatic heterocycles. The van der Waals surface area contributed by atoms with Crippen molar-refractivity contribution in [1.29, 1.82) is 0 Å². The van der Waals surface area contributed by atoms with Crippen molar-refractivity contribution < 1.29 is 9.26 Å². The lowest BCUT2D eigenvalue weighted by Crippen LogP contribution is -2.26. The van der Waals surface area contributed by atoms with Gasteiger partial charge in [0.1, 0.15) is 5.75 Å². The van der Waals surface area contributed by atoms with E-state index in [9.17, 15) is 0 Å². The van der Waals surface area contributed by atoms with E-state index in [0.717, 1.165) is 11.1 Å². The van der Waals surface area contributed by atoms with E-state index in [4.69, 9.17) is 15.0 Å². The van der Waals surface area contributed by atoms with Gasteiger partial charge in [0.05, 0.1) is 18.7 Å². The summed E-state index contributed by atoms with van der Waals surface area (Å²) in [6, 6.07) is 5.53. The second-order valence-electron chi connectivity index (χ2n) is 5.03. The van der Waals surface area contributed by atoms with Gasteiger partial charge in [0, 0.05) is 6.54 Å². The van der Waals surface area contributed by atoms with E-state index in [1.54, 1.807) is 7.11 Å². The molecule has 0 saturated carbocycles. The third kappa shape index (κ3) is 3.15. The van der Waals surface area contributed by atoms with Crippen molar-refractivity contribution in [2.75, 3.05) is 27.7 Å². The molecule has 0 amide bonds. The number of hydrogen-bond donors (Lipinski definition) is 1. The lowest BCUT2D eigenvalue weighted by molar-refractivity contribution is 0.356. The van der Waals surface area contributed by atoms with Gasteiger partial charge in [-0.15, -0.1) is 0 Å². The Kier molecular flexibility index (Phi) is 4.36. The van der Waals surface area contributed by atoms with Gasteiger partial charge in [-0.05, 0) is 33.2 Å². The van der Waals surface area contributed by atoms with Crippen LogP contribution in [0, 0.1) is 6.92 Å². The van der Waals surface area contributed by atoms with E-state index >= 15 is 0 Å². The van der Waals surface area contributed by atoms with Gasteiger partial charge in [0.2, 0.25) is 0 Å². The summed E-state index contributed by atoms with van der Waals surface area (Å²) in [6.07, 6.45) is 0. The Morgan fingerprint density at radius 3 is 2.80 bits per heavy atom. The van der Waals surface area contributed by atoms with E-state index in [0.29, 0.717) is 24.0 Å². The molecule has 0 fully saturated rings. The first-order chi connectivity index (χ1) is 9.51. The largest absolute Gasteiger partial charge is 0.496 e. The number of nitrogens with zero attached hydrogens (tertiary/aromatic N) is 3. The van der Waals surface area contributed by atoms with E-state index < -0.39 is 0 Å². The minimum absolute atomic E-state index is 0.279. The molecule has 0 aliphatic heterocycles. The summed E-state index contributed by atoms with van der Waals surface area (Å²) < 4.78 is 10.6. The highest BCUT2D eigenvalue weighted by atomic mass is 16.5. The van der Waals surface area contributed by atoms with Crippen LogP contribution in [0.4, 0.5) is 0 Å². The molecule has 0 spiro atoms. The molecule has 2 aromatic rings. The van der Waals surface area contributed by atoms with Crippen molar-refractivity contribution in [2.45, 2.75) is 13.0 Å². The molecule has 1 aromatic carbocycles. The van der Waals surface area contributed by atoms with Gasteiger partial charge in [-0.2, -0.15) is 4.98 Å². The van der Waals surface area contributed by atoms with Crippen LogP contribution in [0.5, 0.6) is 5.75 Å². The molecular weight excluding hydrogens is 256 g/mol. The average Bonchev–Trinajstić information content (AvgIpc) is 2.87. The lowest BCUT2D eigenvalue weighted by Gasteiger charge is -2.12. The maximum Gasteiger partial charge on any atom is 0.261 e. The van der Waals surface area contributed by atoms with Gasteiger partial charge in [0.15, 0.2) is 5.82 Å². The molecule has 1 atom stereocenters. The summed E-state index contributed by atoms with van der Waals surface area (Å²) in [4.78, 5) is 6.35. The zero-order chi connectivity index (χ0) is 14.7. The molecule has 6 heteroatoms. The number of aryl methyl sites for hydroxylation is 1. The molecule has 108 valence electrons. The van der Waals surface area contributed by atoms with E-state index in [-0.39, 0.29) is 6.04 Å². The Balaban J connectivity index is 2.31. The Bertz CT molecular complexity index is 580. The standard InChI is InChI=1S/C14H20N4O2/c1-9-5-6-12(19-4)10(7-9)14-16-13(17-20-14)11(15)8-18(2)3/h5-7,11H,8,15H2,1-4H3. The number of hydrogen-bond acceptors (Lipinski definition) is 6. The maximum atomic E-state index is 6.03. The Morgan fingerprint density at radius 1 is 1.40 bits per heavy atom. The smallest absolute Gasteiger partial charge is 0.261 e. The van der Waals surface area contributed by atoms with Gasteiger partial charge in [-0.1, -0.05) is 16.8 Å². The molecule has 2 N–H and O–H groups in total. The molecule has 1 heterocycles. The number of likely N-dealkylation sites (N-methyl/N-ethyl adjacent to an activating group) is 1. The first-order valence-corrected chi connectivity index (χ1v) is 6.40. The predicted octanol–water partition coefficient (Wildman–Crippen LogP) is 1.62. The Morgan fingerprint density at radius 2 is 2.15 bits per heavy atom.